The van der Waals surface area contributed by atoms with Gasteiger partial charge in [-0.1, -0.05) is 20.8 Å². The molecule has 0 aromatic heterocycles. The molecule has 0 aliphatic rings. The second kappa shape index (κ2) is 13.5. The molecule has 108 valence electrons. The normalized spacial score (nSPS) is 10.1. The van der Waals surface area contributed by atoms with E-state index in [0.29, 0.717) is 0 Å². The number of hydrogen-bond donors (Lipinski definition) is 2. The first-order chi connectivity index (χ1) is 7.29. The van der Waals surface area contributed by atoms with Crippen LogP contribution in [0.2, 0.25) is 0 Å². The number of hydrogen-bond acceptors (Lipinski definition) is 5. The Balaban J connectivity index is -0.0000000705. The maximum absolute atomic E-state index is 8.52. The number of rotatable bonds is 0. The van der Waals surface area contributed by atoms with Crippen LogP contribution in [-0.4, -0.2) is 21.6 Å². The summed E-state index contributed by atoms with van der Waals surface area (Å²) in [7, 11) is 0. The van der Waals surface area contributed by atoms with Crippen molar-refractivity contribution in [3.63, 3.8) is 0 Å². The molecular weight excluding hydrogens is 224 g/mol. The lowest BCUT2D eigenvalue weighted by Gasteiger charge is -2.10. The van der Waals surface area contributed by atoms with E-state index >= 15 is 0 Å². The Hall–Kier alpha value is -0.520. The minimum absolute atomic E-state index is 0.403. The van der Waals surface area contributed by atoms with Crippen LogP contribution in [0.4, 0.5) is 0 Å². The molecule has 0 aliphatic heterocycles. The highest BCUT2D eigenvalue weighted by Gasteiger charge is 2.07. The van der Waals surface area contributed by atoms with E-state index < -0.39 is 11.2 Å². The fourth-order valence-corrected chi connectivity index (χ4v) is 0. The van der Waals surface area contributed by atoms with Crippen molar-refractivity contribution in [2.45, 2.75) is 73.5 Å². The molecule has 0 radical (unpaired) electrons. The summed E-state index contributed by atoms with van der Waals surface area (Å²) in [5.74, 6) is 0.833. The molecule has 5 heteroatoms. The Labute approximate surface area is 105 Å². The third kappa shape index (κ3) is 457. The molecule has 0 saturated heterocycles. The average Bonchev–Trinajstić information content (AvgIpc) is 2.02. The molecule has 0 saturated carbocycles. The SMILES string of the molecule is CC(C)(C)O.CC(C)(C)OO.CC(C)C.O=O. The van der Waals surface area contributed by atoms with Gasteiger partial charge in [-0.2, -0.15) is 0 Å². The van der Waals surface area contributed by atoms with Gasteiger partial charge in [0.25, 0.3) is 0 Å². The van der Waals surface area contributed by atoms with Crippen LogP contribution in [0.5, 0.6) is 0 Å². The standard InChI is InChI=1S/C4H10O2.C4H10O.C4H10.O2/c1-4(2,3)6-5;1-4(2,3)5;1-4(2)3;1-2/h5H,1-3H3;5H,1-3H3;4H,1-3H3;. The van der Waals surface area contributed by atoms with Gasteiger partial charge in [0, 0.05) is 9.93 Å². The van der Waals surface area contributed by atoms with Crippen molar-refractivity contribution in [1.82, 2.24) is 0 Å². The predicted molar refractivity (Wildman–Crippen MR) is 72.7 cm³/mol. The van der Waals surface area contributed by atoms with Gasteiger partial charge >= 0.3 is 0 Å². The summed E-state index contributed by atoms with van der Waals surface area (Å²) in [6.45, 7) is 17.0. The van der Waals surface area contributed by atoms with Crippen molar-refractivity contribution >= 4 is 0 Å². The van der Waals surface area contributed by atoms with Crippen molar-refractivity contribution in [3.8, 4) is 0 Å². The minimum atomic E-state index is -0.500. The zero-order valence-electron chi connectivity index (χ0n) is 12.7. The van der Waals surface area contributed by atoms with Crippen LogP contribution in [0.1, 0.15) is 62.3 Å². The van der Waals surface area contributed by atoms with Gasteiger partial charge in [-0.15, -0.1) is 0 Å². The summed E-state index contributed by atoms with van der Waals surface area (Å²) >= 11 is 0. The maximum atomic E-state index is 8.52. The van der Waals surface area contributed by atoms with Gasteiger partial charge in [-0.05, 0) is 47.5 Å². The third-order valence-electron chi connectivity index (χ3n) is 0.274. The van der Waals surface area contributed by atoms with E-state index in [2.05, 4.69) is 25.7 Å². The van der Waals surface area contributed by atoms with Crippen molar-refractivity contribution in [2.75, 3.05) is 0 Å². The first kappa shape index (κ1) is 25.4. The van der Waals surface area contributed by atoms with Gasteiger partial charge in [-0.25, -0.2) is 4.89 Å². The summed E-state index contributed by atoms with van der Waals surface area (Å²) in [6, 6.07) is 0. The smallest absolute Gasteiger partial charge is 0.0949 e. The molecule has 0 aromatic carbocycles. The van der Waals surface area contributed by atoms with Crippen molar-refractivity contribution < 1.29 is 15.3 Å². The molecule has 0 atom stereocenters. The Morgan fingerprint density at radius 3 is 0.941 bits per heavy atom. The quantitative estimate of drug-likeness (QED) is 0.507. The van der Waals surface area contributed by atoms with Gasteiger partial charge in [0.05, 0.1) is 11.2 Å². The molecule has 0 fully saturated rings. The molecule has 0 aromatic rings. The maximum Gasteiger partial charge on any atom is 0.0949 e. The zero-order chi connectivity index (χ0) is 15.3. The van der Waals surface area contributed by atoms with Crippen LogP contribution in [0.3, 0.4) is 0 Å². The van der Waals surface area contributed by atoms with Crippen LogP contribution in [0.15, 0.2) is 0 Å². The van der Waals surface area contributed by atoms with Crippen molar-refractivity contribution in [2.24, 2.45) is 5.92 Å². The molecule has 17 heavy (non-hydrogen) atoms. The molecule has 2 N–H and O–H groups in total. The predicted octanol–water partition coefficient (Wildman–Crippen LogP) is 3.78. The molecule has 0 spiro atoms. The molecule has 0 aliphatic carbocycles. The van der Waals surface area contributed by atoms with E-state index in [4.69, 9.17) is 20.3 Å². The lowest BCUT2D eigenvalue weighted by atomic mass is 10.2. The molecular formula is C12H30O5. The Kier molecular flexibility index (Phi) is 20.2. The second-order valence-electron chi connectivity index (χ2n) is 6.11. The fraction of sp³-hybridized carbons (Fsp3) is 1.00. The fourth-order valence-electron chi connectivity index (χ4n) is 0. The van der Waals surface area contributed by atoms with E-state index in [1.54, 1.807) is 41.5 Å². The van der Waals surface area contributed by atoms with Crippen LogP contribution in [0.25, 0.3) is 0 Å². The van der Waals surface area contributed by atoms with E-state index in [1.165, 1.54) is 0 Å². The molecule has 0 bridgehead atoms. The summed E-state index contributed by atoms with van der Waals surface area (Å²) < 4.78 is 0. The Morgan fingerprint density at radius 2 is 0.941 bits per heavy atom. The van der Waals surface area contributed by atoms with Crippen LogP contribution in [0, 0.1) is 15.8 Å². The monoisotopic (exact) mass is 254 g/mol. The van der Waals surface area contributed by atoms with Crippen molar-refractivity contribution in [1.29, 1.82) is 0 Å². The van der Waals surface area contributed by atoms with E-state index in [-0.39, 0.29) is 0 Å². The lowest BCUT2D eigenvalue weighted by Crippen LogP contribution is -2.15. The van der Waals surface area contributed by atoms with Crippen molar-refractivity contribution in [3.05, 3.63) is 9.93 Å². The van der Waals surface area contributed by atoms with E-state index in [1.807, 2.05) is 0 Å². The van der Waals surface area contributed by atoms with Gasteiger partial charge in [-0.3, -0.25) is 5.26 Å². The molecule has 0 amide bonds. The second-order valence-corrected chi connectivity index (χ2v) is 6.11. The molecule has 5 nitrogen and oxygen atoms in total. The summed E-state index contributed by atoms with van der Waals surface area (Å²) in [6.07, 6.45) is 0. The largest absolute Gasteiger partial charge is 0.391 e. The van der Waals surface area contributed by atoms with E-state index in [9.17, 15) is 0 Å². The number of aliphatic hydroxyl groups is 1. The van der Waals surface area contributed by atoms with Gasteiger partial charge < -0.3 is 5.11 Å². The molecule has 0 heterocycles. The minimum Gasteiger partial charge on any atom is -0.391 e. The first-order valence-electron chi connectivity index (χ1n) is 5.51. The third-order valence-corrected chi connectivity index (χ3v) is 0.274. The highest BCUT2D eigenvalue weighted by Crippen LogP contribution is 2.01. The summed E-state index contributed by atoms with van der Waals surface area (Å²) in [5, 5.41) is 16.4. The topological polar surface area (TPSA) is 83.8 Å². The van der Waals surface area contributed by atoms with Crippen LogP contribution >= 0.6 is 0 Å². The van der Waals surface area contributed by atoms with Crippen LogP contribution in [-0.2, 0) is 4.89 Å². The molecule has 0 rings (SSSR count). The highest BCUT2D eigenvalue weighted by atomic mass is 17.1. The Morgan fingerprint density at radius 1 is 0.882 bits per heavy atom. The van der Waals surface area contributed by atoms with E-state index in [0.717, 1.165) is 5.92 Å². The highest BCUT2D eigenvalue weighted by molar-refractivity contribution is 4.53. The van der Waals surface area contributed by atoms with Gasteiger partial charge in [0.2, 0.25) is 0 Å². The summed E-state index contributed by atoms with van der Waals surface area (Å²) in [5.41, 5.74) is -0.903. The van der Waals surface area contributed by atoms with Gasteiger partial charge in [0.15, 0.2) is 0 Å². The summed E-state index contributed by atoms with van der Waals surface area (Å²) in [4.78, 5) is 17.9. The zero-order valence-corrected chi connectivity index (χ0v) is 12.7. The first-order valence-corrected chi connectivity index (χ1v) is 5.51. The van der Waals surface area contributed by atoms with Crippen LogP contribution < -0.4 is 0 Å². The molecule has 0 unspecified atom stereocenters. The lowest BCUT2D eigenvalue weighted by molar-refractivity contribution is -0.306. The van der Waals surface area contributed by atoms with Gasteiger partial charge in [0.1, 0.15) is 0 Å². The Bertz CT molecular complexity index is 124. The average molecular weight is 254 g/mol.